The number of rotatable bonds is 4. The molecule has 1 atom stereocenters. The Kier molecular flexibility index (Phi) is 5.57. The van der Waals surface area contributed by atoms with Crippen molar-refractivity contribution in [3.8, 4) is 0 Å². The van der Waals surface area contributed by atoms with Gasteiger partial charge in [0.25, 0.3) is 5.56 Å². The van der Waals surface area contributed by atoms with Crippen molar-refractivity contribution < 1.29 is 9.59 Å². The predicted molar refractivity (Wildman–Crippen MR) is 120 cm³/mol. The van der Waals surface area contributed by atoms with Crippen LogP contribution in [-0.4, -0.2) is 44.7 Å². The van der Waals surface area contributed by atoms with Gasteiger partial charge in [-0.2, -0.15) is 0 Å². The smallest absolute Gasteiger partial charge is 0.256 e. The van der Waals surface area contributed by atoms with Crippen LogP contribution in [0.15, 0.2) is 29.1 Å². The van der Waals surface area contributed by atoms with Gasteiger partial charge in [-0.25, -0.2) is 4.98 Å². The van der Waals surface area contributed by atoms with E-state index in [2.05, 4.69) is 4.98 Å². The molecule has 0 radical (unpaired) electrons. The number of hydrogen-bond acceptors (Lipinski definition) is 4. The maximum Gasteiger partial charge on any atom is 0.256 e. The van der Waals surface area contributed by atoms with Crippen LogP contribution in [0.2, 0.25) is 0 Å². The molecule has 2 aromatic rings. The Labute approximate surface area is 187 Å². The van der Waals surface area contributed by atoms with Gasteiger partial charge in [-0.15, -0.1) is 0 Å². The number of nitrogens with one attached hydrogen (secondary N) is 1. The van der Waals surface area contributed by atoms with E-state index in [1.54, 1.807) is 4.90 Å². The Balaban J connectivity index is 1.36. The molecule has 0 spiro atoms. The molecule has 1 N–H and O–H groups in total. The molecule has 7 nitrogen and oxygen atoms in total. The summed E-state index contributed by atoms with van der Waals surface area (Å²) in [6.45, 7) is 3.66. The fourth-order valence-corrected chi connectivity index (χ4v) is 4.88. The Morgan fingerprint density at radius 1 is 1.09 bits per heavy atom. The number of carbonyl (C=O) groups excluding carboxylic acids is 2. The zero-order valence-electron chi connectivity index (χ0n) is 18.6. The first-order valence-corrected chi connectivity index (χ1v) is 11.8. The number of benzene rings is 1. The molecular weight excluding hydrogens is 404 g/mol. The number of fused-ring (bicyclic) bond motifs is 1. The zero-order valence-corrected chi connectivity index (χ0v) is 18.6. The van der Waals surface area contributed by atoms with Crippen molar-refractivity contribution >= 4 is 11.8 Å². The summed E-state index contributed by atoms with van der Waals surface area (Å²) in [4.78, 5) is 50.0. The summed E-state index contributed by atoms with van der Waals surface area (Å²) in [6, 6.07) is 7.84. The van der Waals surface area contributed by atoms with E-state index in [4.69, 9.17) is 4.98 Å². The molecule has 1 saturated carbocycles. The van der Waals surface area contributed by atoms with E-state index in [9.17, 15) is 14.4 Å². The van der Waals surface area contributed by atoms with Crippen molar-refractivity contribution in [3.05, 3.63) is 62.8 Å². The van der Waals surface area contributed by atoms with Gasteiger partial charge < -0.3 is 14.8 Å². The summed E-state index contributed by atoms with van der Waals surface area (Å²) >= 11 is 0. The lowest BCUT2D eigenvalue weighted by Gasteiger charge is -2.36. The molecule has 7 heteroatoms. The van der Waals surface area contributed by atoms with Gasteiger partial charge in [-0.3, -0.25) is 14.4 Å². The Bertz CT molecular complexity index is 1090. The zero-order chi connectivity index (χ0) is 22.2. The van der Waals surface area contributed by atoms with E-state index < -0.39 is 0 Å². The Morgan fingerprint density at radius 2 is 1.88 bits per heavy atom. The number of piperidine rings is 1. The van der Waals surface area contributed by atoms with Crippen molar-refractivity contribution in [1.29, 1.82) is 0 Å². The molecule has 1 aromatic heterocycles. The van der Waals surface area contributed by atoms with E-state index in [0.717, 1.165) is 43.4 Å². The number of nitrogens with zero attached hydrogens (tertiary/aromatic N) is 3. The van der Waals surface area contributed by atoms with Crippen molar-refractivity contribution in [2.24, 2.45) is 5.92 Å². The van der Waals surface area contributed by atoms with Gasteiger partial charge in [0.1, 0.15) is 5.82 Å². The normalized spacial score (nSPS) is 20.7. The second-order valence-corrected chi connectivity index (χ2v) is 9.42. The molecule has 32 heavy (non-hydrogen) atoms. The number of H-pyrrole nitrogens is 1. The monoisotopic (exact) mass is 434 g/mol. The fraction of sp³-hybridized carbons (Fsp3) is 0.520. The third-order valence-corrected chi connectivity index (χ3v) is 6.94. The number of aromatic amines is 1. The number of aryl methyl sites for hydroxylation is 1. The van der Waals surface area contributed by atoms with Crippen molar-refractivity contribution in [3.63, 3.8) is 0 Å². The molecule has 2 amide bonds. The van der Waals surface area contributed by atoms with Crippen LogP contribution in [0.3, 0.4) is 0 Å². The molecule has 0 unspecified atom stereocenters. The van der Waals surface area contributed by atoms with E-state index >= 15 is 0 Å². The third kappa shape index (κ3) is 4.20. The van der Waals surface area contributed by atoms with Crippen molar-refractivity contribution in [2.75, 3.05) is 13.1 Å². The van der Waals surface area contributed by atoms with E-state index in [1.165, 1.54) is 5.56 Å². The van der Waals surface area contributed by atoms with E-state index in [1.807, 2.05) is 36.1 Å². The van der Waals surface area contributed by atoms with Gasteiger partial charge in [0, 0.05) is 25.4 Å². The number of carbonyl (C=O) groups is 2. The van der Waals surface area contributed by atoms with Gasteiger partial charge in [-0.1, -0.05) is 29.8 Å². The second-order valence-electron chi connectivity index (χ2n) is 9.42. The maximum absolute atomic E-state index is 13.2. The minimum absolute atomic E-state index is 0.0696. The number of hydrogen-bond donors (Lipinski definition) is 1. The molecule has 1 aromatic carbocycles. The minimum Gasteiger partial charge on any atom is -0.337 e. The standard InChI is InChI=1S/C25H30N4O3/c1-16-5-7-17(8-6-16)14-22(30)29-12-3-2-4-21(29)23-26-20-11-13-28(25(32)18-9-10-18)15-19(20)24(31)27-23/h5-8,18,21H,2-4,9-15H2,1H3,(H,26,27,31)/t21-/m0/s1. The highest BCUT2D eigenvalue weighted by Gasteiger charge is 2.36. The Hall–Kier alpha value is -2.96. The van der Waals surface area contributed by atoms with Crippen LogP contribution < -0.4 is 5.56 Å². The summed E-state index contributed by atoms with van der Waals surface area (Å²) in [5.41, 5.74) is 3.37. The fourth-order valence-electron chi connectivity index (χ4n) is 4.88. The van der Waals surface area contributed by atoms with Crippen LogP contribution in [0.1, 0.15) is 66.4 Å². The molecule has 0 bridgehead atoms. The highest BCUT2D eigenvalue weighted by molar-refractivity contribution is 5.81. The number of likely N-dealkylation sites (tertiary alicyclic amines) is 1. The van der Waals surface area contributed by atoms with Gasteiger partial charge in [0.2, 0.25) is 11.8 Å². The summed E-state index contributed by atoms with van der Waals surface area (Å²) in [5, 5.41) is 0. The summed E-state index contributed by atoms with van der Waals surface area (Å²) in [7, 11) is 0. The Morgan fingerprint density at radius 3 is 2.62 bits per heavy atom. The highest BCUT2D eigenvalue weighted by atomic mass is 16.2. The molecule has 1 aliphatic carbocycles. The minimum atomic E-state index is -0.203. The summed E-state index contributed by atoms with van der Waals surface area (Å²) in [5.74, 6) is 0.977. The lowest BCUT2D eigenvalue weighted by molar-refractivity contribution is -0.135. The molecule has 2 aliphatic heterocycles. The number of amides is 2. The molecule has 5 rings (SSSR count). The first kappa shape index (κ1) is 20.9. The van der Waals surface area contributed by atoms with Gasteiger partial charge >= 0.3 is 0 Å². The summed E-state index contributed by atoms with van der Waals surface area (Å²) < 4.78 is 0. The van der Waals surface area contributed by atoms with Gasteiger partial charge in [0.15, 0.2) is 0 Å². The number of aromatic nitrogens is 2. The first-order chi connectivity index (χ1) is 15.5. The lowest BCUT2D eigenvalue weighted by atomic mass is 9.99. The molecule has 168 valence electrons. The van der Waals surface area contributed by atoms with Crippen molar-refractivity contribution in [1.82, 2.24) is 19.8 Å². The van der Waals surface area contributed by atoms with Crippen LogP contribution in [0.4, 0.5) is 0 Å². The van der Waals surface area contributed by atoms with E-state index in [-0.39, 0.29) is 29.3 Å². The van der Waals surface area contributed by atoms with Crippen molar-refractivity contribution in [2.45, 2.75) is 64.5 Å². The third-order valence-electron chi connectivity index (χ3n) is 6.94. The van der Waals surface area contributed by atoms with Crippen LogP contribution in [0.5, 0.6) is 0 Å². The highest BCUT2D eigenvalue weighted by Crippen LogP contribution is 2.33. The molecule has 1 saturated heterocycles. The quantitative estimate of drug-likeness (QED) is 0.802. The molecule has 3 heterocycles. The van der Waals surface area contributed by atoms with E-state index in [0.29, 0.717) is 43.9 Å². The summed E-state index contributed by atoms with van der Waals surface area (Å²) in [6.07, 6.45) is 5.63. The molecular formula is C25H30N4O3. The lowest BCUT2D eigenvalue weighted by Crippen LogP contribution is -2.43. The molecule has 3 aliphatic rings. The van der Waals surface area contributed by atoms with Gasteiger partial charge in [-0.05, 0) is 44.6 Å². The maximum atomic E-state index is 13.2. The second kappa shape index (κ2) is 8.52. The molecule has 2 fully saturated rings. The van der Waals surface area contributed by atoms with Crippen LogP contribution in [0.25, 0.3) is 0 Å². The van der Waals surface area contributed by atoms with Gasteiger partial charge in [0.05, 0.1) is 30.3 Å². The predicted octanol–water partition coefficient (Wildman–Crippen LogP) is 2.67. The topological polar surface area (TPSA) is 86.4 Å². The average molecular weight is 435 g/mol. The SMILES string of the molecule is Cc1ccc(CC(=O)N2CCCC[C@H]2c2nc3c(c(=O)[nH]2)CN(C(=O)C2CC2)CC3)cc1. The average Bonchev–Trinajstić information content (AvgIpc) is 3.65. The largest absolute Gasteiger partial charge is 0.337 e. The van der Waals surface area contributed by atoms with Crippen LogP contribution in [-0.2, 0) is 29.0 Å². The van der Waals surface area contributed by atoms with Crippen LogP contribution >= 0.6 is 0 Å². The van der Waals surface area contributed by atoms with Crippen LogP contribution in [0, 0.1) is 12.8 Å². The first-order valence-electron chi connectivity index (χ1n) is 11.8.